The zero-order valence-electron chi connectivity index (χ0n) is 7.75. The molecule has 2 nitrogen and oxygen atoms in total. The molecule has 0 heterocycles. The van der Waals surface area contributed by atoms with Crippen molar-refractivity contribution in [3.05, 3.63) is 24.3 Å². The molecule has 13 heavy (non-hydrogen) atoms. The van der Waals surface area contributed by atoms with Gasteiger partial charge in [0.15, 0.2) is 0 Å². The van der Waals surface area contributed by atoms with Crippen molar-refractivity contribution >= 4 is 17.0 Å². The number of carbonyl (C=O) groups is 1. The van der Waals surface area contributed by atoms with E-state index in [-0.39, 0.29) is 0 Å². The maximum atomic E-state index is 8.77. The molecule has 2 rings (SSSR count). The van der Waals surface area contributed by atoms with Gasteiger partial charge >= 0.3 is 5.43 Å². The van der Waals surface area contributed by atoms with Crippen LogP contribution in [0.1, 0.15) is 20.3 Å². The van der Waals surface area contributed by atoms with Crippen molar-refractivity contribution < 1.29 is 9.90 Å². The highest BCUT2D eigenvalue weighted by molar-refractivity contribution is 6.60. The first kappa shape index (κ1) is 10.3. The number of carboxylic acid groups (broad SMARTS) is 1. The molecule has 2 aliphatic carbocycles. The normalized spacial score (nSPS) is 23.9. The molecule has 0 saturated heterocycles. The molecule has 0 aliphatic heterocycles. The van der Waals surface area contributed by atoms with Gasteiger partial charge in [0, 0.05) is 17.0 Å². The van der Waals surface area contributed by atoms with Gasteiger partial charge < -0.3 is 5.11 Å². The smallest absolute Gasteiger partial charge is 0.401 e. The van der Waals surface area contributed by atoms with E-state index < -0.39 is 5.43 Å². The Morgan fingerprint density at radius 3 is 1.85 bits per heavy atom. The van der Waals surface area contributed by atoms with Gasteiger partial charge in [0.2, 0.25) is 0 Å². The standard InChI is InChI=1S/C9H12.CHClO2/c1-8(2)7-9(8)5-3-4-6-9;2-1(3)4/h3-6H,7H2,1-2H3;(H,3,4). The van der Waals surface area contributed by atoms with Gasteiger partial charge in [0.1, 0.15) is 0 Å². The Morgan fingerprint density at radius 1 is 1.38 bits per heavy atom. The molecular formula is C10H13ClO2. The van der Waals surface area contributed by atoms with Crippen molar-refractivity contribution in [2.75, 3.05) is 0 Å². The van der Waals surface area contributed by atoms with Crippen LogP contribution in [0, 0.1) is 10.8 Å². The van der Waals surface area contributed by atoms with Gasteiger partial charge in [-0.15, -0.1) is 0 Å². The second kappa shape index (κ2) is 3.18. The average Bonchev–Trinajstić information content (AvgIpc) is 2.39. The third-order valence-corrected chi connectivity index (χ3v) is 2.77. The number of rotatable bonds is 0. The molecule has 72 valence electrons. The SMILES string of the molecule is CC1(C)CC12C=CC=C2.O=C(O)Cl. The van der Waals surface area contributed by atoms with Gasteiger partial charge in [-0.1, -0.05) is 38.2 Å². The molecule has 2 aliphatic rings. The second-order valence-corrected chi connectivity index (χ2v) is 4.40. The molecule has 0 amide bonds. The van der Waals surface area contributed by atoms with Crippen LogP contribution >= 0.6 is 11.6 Å². The van der Waals surface area contributed by atoms with Gasteiger partial charge in [-0.25, -0.2) is 4.79 Å². The van der Waals surface area contributed by atoms with Crippen LogP contribution in [-0.2, 0) is 0 Å². The van der Waals surface area contributed by atoms with Crippen LogP contribution in [0.2, 0.25) is 0 Å². The van der Waals surface area contributed by atoms with Crippen molar-refractivity contribution in [2.45, 2.75) is 20.3 Å². The Kier molecular flexibility index (Phi) is 2.53. The first-order chi connectivity index (χ1) is 5.90. The van der Waals surface area contributed by atoms with E-state index in [9.17, 15) is 0 Å². The highest BCUT2D eigenvalue weighted by atomic mass is 35.5. The zero-order chi connectivity index (χ0) is 10.1. The van der Waals surface area contributed by atoms with E-state index >= 15 is 0 Å². The topological polar surface area (TPSA) is 37.3 Å². The van der Waals surface area contributed by atoms with Gasteiger partial charge in [-0.3, -0.25) is 0 Å². The minimum Gasteiger partial charge on any atom is -0.469 e. The summed E-state index contributed by atoms with van der Waals surface area (Å²) in [5, 5.41) is 7.18. The van der Waals surface area contributed by atoms with Crippen molar-refractivity contribution in [1.29, 1.82) is 0 Å². The van der Waals surface area contributed by atoms with Crippen LogP contribution in [0.25, 0.3) is 0 Å². The highest BCUT2D eigenvalue weighted by Crippen LogP contribution is 2.66. The van der Waals surface area contributed by atoms with Crippen LogP contribution < -0.4 is 0 Å². The number of hydrogen-bond acceptors (Lipinski definition) is 1. The summed E-state index contributed by atoms with van der Waals surface area (Å²) in [4.78, 5) is 8.77. The van der Waals surface area contributed by atoms with E-state index in [0.717, 1.165) is 0 Å². The highest BCUT2D eigenvalue weighted by Gasteiger charge is 2.58. The summed E-state index contributed by atoms with van der Waals surface area (Å²) < 4.78 is 0. The van der Waals surface area contributed by atoms with Crippen LogP contribution in [0.3, 0.4) is 0 Å². The summed E-state index contributed by atoms with van der Waals surface area (Å²) in [6.45, 7) is 4.65. The maximum Gasteiger partial charge on any atom is 0.401 e. The molecule has 1 N–H and O–H groups in total. The van der Waals surface area contributed by atoms with Crippen molar-refractivity contribution in [3.8, 4) is 0 Å². The van der Waals surface area contributed by atoms with Crippen molar-refractivity contribution in [1.82, 2.24) is 0 Å². The lowest BCUT2D eigenvalue weighted by atomic mass is 9.98. The van der Waals surface area contributed by atoms with Crippen LogP contribution in [0.5, 0.6) is 0 Å². The zero-order valence-corrected chi connectivity index (χ0v) is 8.51. The first-order valence-electron chi connectivity index (χ1n) is 4.15. The van der Waals surface area contributed by atoms with E-state index in [1.165, 1.54) is 6.42 Å². The fourth-order valence-electron chi connectivity index (χ4n) is 1.77. The first-order valence-corrected chi connectivity index (χ1v) is 4.53. The fraction of sp³-hybridized carbons (Fsp3) is 0.500. The molecule has 0 unspecified atom stereocenters. The summed E-state index contributed by atoms with van der Waals surface area (Å²) in [6, 6.07) is 0. The third kappa shape index (κ3) is 2.13. The molecule has 0 aromatic rings. The van der Waals surface area contributed by atoms with E-state index in [4.69, 9.17) is 9.90 Å². The average molecular weight is 201 g/mol. The molecule has 1 spiro atoms. The Hall–Kier alpha value is -0.760. The quantitative estimate of drug-likeness (QED) is 0.609. The van der Waals surface area contributed by atoms with Crippen LogP contribution in [-0.4, -0.2) is 10.5 Å². The Morgan fingerprint density at radius 2 is 1.69 bits per heavy atom. The lowest BCUT2D eigenvalue weighted by molar-refractivity contribution is 0.220. The van der Waals surface area contributed by atoms with Gasteiger partial charge in [0.25, 0.3) is 0 Å². The molecule has 0 atom stereocenters. The van der Waals surface area contributed by atoms with Crippen molar-refractivity contribution in [3.63, 3.8) is 0 Å². The predicted octanol–water partition coefficient (Wildman–Crippen LogP) is 3.43. The lowest BCUT2D eigenvalue weighted by Gasteiger charge is -2.06. The molecule has 0 bridgehead atoms. The van der Waals surface area contributed by atoms with E-state index in [2.05, 4.69) is 49.8 Å². The minimum absolute atomic E-state index is 0.479. The van der Waals surface area contributed by atoms with E-state index in [1.807, 2.05) is 0 Å². The number of hydrogen-bond donors (Lipinski definition) is 1. The van der Waals surface area contributed by atoms with Gasteiger partial charge in [-0.05, 0) is 11.8 Å². The second-order valence-electron chi connectivity index (χ2n) is 4.07. The molecule has 1 saturated carbocycles. The van der Waals surface area contributed by atoms with E-state index in [0.29, 0.717) is 10.8 Å². The maximum absolute atomic E-state index is 8.77. The monoisotopic (exact) mass is 200 g/mol. The molecule has 0 aromatic carbocycles. The Balaban J connectivity index is 0.000000184. The molecule has 3 heteroatoms. The minimum atomic E-state index is -1.36. The fourth-order valence-corrected chi connectivity index (χ4v) is 1.77. The van der Waals surface area contributed by atoms with E-state index in [1.54, 1.807) is 0 Å². The predicted molar refractivity (Wildman–Crippen MR) is 53.0 cm³/mol. The lowest BCUT2D eigenvalue weighted by Crippen LogP contribution is -1.98. The van der Waals surface area contributed by atoms with Crippen LogP contribution in [0.15, 0.2) is 24.3 Å². The largest absolute Gasteiger partial charge is 0.469 e. The van der Waals surface area contributed by atoms with Gasteiger partial charge in [-0.2, -0.15) is 0 Å². The Labute approximate surface area is 82.9 Å². The summed E-state index contributed by atoms with van der Waals surface area (Å²) in [5.74, 6) is 0. The van der Waals surface area contributed by atoms with Crippen LogP contribution in [0.4, 0.5) is 4.79 Å². The number of allylic oxidation sites excluding steroid dienone is 4. The summed E-state index contributed by atoms with van der Waals surface area (Å²) in [5.41, 5.74) is -0.330. The Bertz CT molecular complexity index is 261. The third-order valence-electron chi connectivity index (χ3n) is 2.77. The number of halogens is 1. The molecule has 0 aromatic heterocycles. The summed E-state index contributed by atoms with van der Waals surface area (Å²) in [7, 11) is 0. The summed E-state index contributed by atoms with van der Waals surface area (Å²) in [6.07, 6.45) is 10.3. The summed E-state index contributed by atoms with van der Waals surface area (Å²) >= 11 is 4.19. The molecule has 0 radical (unpaired) electrons. The van der Waals surface area contributed by atoms with Crippen molar-refractivity contribution in [2.24, 2.45) is 10.8 Å². The molecular weight excluding hydrogens is 188 g/mol. The molecule has 1 fully saturated rings. The van der Waals surface area contributed by atoms with Gasteiger partial charge in [0.05, 0.1) is 0 Å².